The fourth-order valence-electron chi connectivity index (χ4n) is 1.47. The molecule has 1 unspecified atom stereocenters. The molecule has 76 valence electrons. The molecule has 1 aromatic heterocycles. The average molecular weight is 200 g/mol. The maximum absolute atomic E-state index is 9.76. The number of para-hydroxylation sites is 1. The predicted molar refractivity (Wildman–Crippen MR) is 59.2 cm³/mol. The number of aliphatic hydroxyl groups excluding tert-OH is 1. The topological polar surface area (TPSA) is 33.4 Å². The van der Waals surface area contributed by atoms with Crippen LogP contribution in [0.25, 0.3) is 11.0 Å². The Hall–Kier alpha value is -1.72. The van der Waals surface area contributed by atoms with E-state index >= 15 is 0 Å². The SMILES string of the molecule is CC#CCC(O)c1cc2ccccc2o1. The quantitative estimate of drug-likeness (QED) is 0.756. The molecule has 2 aromatic rings. The first-order valence-electron chi connectivity index (χ1n) is 4.87. The molecule has 0 saturated carbocycles. The second-order valence-electron chi connectivity index (χ2n) is 3.33. The second-order valence-corrected chi connectivity index (χ2v) is 3.33. The first kappa shape index (κ1) is 9.82. The van der Waals surface area contributed by atoms with E-state index in [0.717, 1.165) is 11.0 Å². The average Bonchev–Trinajstić information content (AvgIpc) is 2.69. The summed E-state index contributed by atoms with van der Waals surface area (Å²) in [5, 5.41) is 10.8. The van der Waals surface area contributed by atoms with Gasteiger partial charge in [0.1, 0.15) is 17.4 Å². The number of aliphatic hydroxyl groups is 1. The van der Waals surface area contributed by atoms with Gasteiger partial charge in [-0.15, -0.1) is 11.8 Å². The number of fused-ring (bicyclic) bond motifs is 1. The Bertz CT molecular complexity index is 481. The lowest BCUT2D eigenvalue weighted by molar-refractivity contribution is 0.158. The Morgan fingerprint density at radius 3 is 2.93 bits per heavy atom. The van der Waals surface area contributed by atoms with Crippen molar-refractivity contribution < 1.29 is 9.52 Å². The zero-order valence-corrected chi connectivity index (χ0v) is 8.53. The molecule has 0 aliphatic carbocycles. The third-order valence-corrected chi connectivity index (χ3v) is 2.25. The molecule has 0 saturated heterocycles. The van der Waals surface area contributed by atoms with E-state index in [2.05, 4.69) is 11.8 Å². The Kier molecular flexibility index (Phi) is 2.75. The molecule has 0 aliphatic rings. The number of hydrogen-bond donors (Lipinski definition) is 1. The highest BCUT2D eigenvalue weighted by Crippen LogP contribution is 2.24. The van der Waals surface area contributed by atoms with Crippen LogP contribution in [0, 0.1) is 11.8 Å². The minimum Gasteiger partial charge on any atom is -0.458 e. The van der Waals surface area contributed by atoms with Gasteiger partial charge in [0.15, 0.2) is 0 Å². The van der Waals surface area contributed by atoms with E-state index in [-0.39, 0.29) is 0 Å². The van der Waals surface area contributed by atoms with Crippen LogP contribution in [0.4, 0.5) is 0 Å². The number of hydrogen-bond acceptors (Lipinski definition) is 2. The maximum Gasteiger partial charge on any atom is 0.134 e. The minimum absolute atomic E-state index is 0.413. The van der Waals surface area contributed by atoms with E-state index in [9.17, 15) is 5.11 Å². The lowest BCUT2D eigenvalue weighted by Gasteiger charge is -2.00. The van der Waals surface area contributed by atoms with E-state index in [4.69, 9.17) is 4.42 Å². The van der Waals surface area contributed by atoms with E-state index < -0.39 is 6.10 Å². The fourth-order valence-corrected chi connectivity index (χ4v) is 1.47. The molecule has 2 nitrogen and oxygen atoms in total. The summed E-state index contributed by atoms with van der Waals surface area (Å²) in [5.74, 6) is 6.16. The highest BCUT2D eigenvalue weighted by atomic mass is 16.4. The standard InChI is InChI=1S/C13H12O2/c1-2-3-7-11(14)13-9-10-6-4-5-8-12(10)15-13/h4-6,8-9,11,14H,7H2,1H3. The van der Waals surface area contributed by atoms with Gasteiger partial charge in [-0.05, 0) is 19.1 Å². The second kappa shape index (κ2) is 4.20. The van der Waals surface area contributed by atoms with Gasteiger partial charge in [0.25, 0.3) is 0 Å². The van der Waals surface area contributed by atoms with Gasteiger partial charge in [0.2, 0.25) is 0 Å². The van der Waals surface area contributed by atoms with Gasteiger partial charge < -0.3 is 9.52 Å². The first-order chi connectivity index (χ1) is 7.31. The van der Waals surface area contributed by atoms with E-state index in [1.807, 2.05) is 30.3 Å². The van der Waals surface area contributed by atoms with E-state index in [1.165, 1.54) is 0 Å². The molecule has 1 aromatic carbocycles. The monoisotopic (exact) mass is 200 g/mol. The Morgan fingerprint density at radius 2 is 2.20 bits per heavy atom. The Balaban J connectivity index is 2.30. The minimum atomic E-state index is -0.634. The summed E-state index contributed by atoms with van der Waals surface area (Å²) >= 11 is 0. The predicted octanol–water partition coefficient (Wildman–Crippen LogP) is 2.88. The molecule has 2 rings (SSSR count). The van der Waals surface area contributed by atoms with Crippen LogP contribution in [0.1, 0.15) is 25.2 Å². The molecule has 1 N–H and O–H groups in total. The third-order valence-electron chi connectivity index (χ3n) is 2.25. The third kappa shape index (κ3) is 2.03. The van der Waals surface area contributed by atoms with Gasteiger partial charge in [-0.25, -0.2) is 0 Å². The molecule has 0 amide bonds. The number of furan rings is 1. The molecular weight excluding hydrogens is 188 g/mol. The molecule has 0 bridgehead atoms. The van der Waals surface area contributed by atoms with Gasteiger partial charge in [0.05, 0.1) is 0 Å². The number of benzene rings is 1. The zero-order chi connectivity index (χ0) is 10.7. The summed E-state index contributed by atoms with van der Waals surface area (Å²) in [6, 6.07) is 9.56. The van der Waals surface area contributed by atoms with Crippen LogP contribution in [0.15, 0.2) is 34.7 Å². The number of rotatable bonds is 2. The summed E-state index contributed by atoms with van der Waals surface area (Å²) in [5.41, 5.74) is 0.802. The molecule has 15 heavy (non-hydrogen) atoms. The van der Waals surface area contributed by atoms with Crippen molar-refractivity contribution in [2.24, 2.45) is 0 Å². The summed E-state index contributed by atoms with van der Waals surface area (Å²) in [4.78, 5) is 0. The zero-order valence-electron chi connectivity index (χ0n) is 8.53. The lowest BCUT2D eigenvalue weighted by Crippen LogP contribution is -1.92. The molecule has 1 atom stereocenters. The van der Waals surface area contributed by atoms with E-state index in [1.54, 1.807) is 6.92 Å². The normalized spacial score (nSPS) is 12.1. The lowest BCUT2D eigenvalue weighted by atomic mass is 10.2. The van der Waals surface area contributed by atoms with Crippen molar-refractivity contribution in [2.45, 2.75) is 19.4 Å². The Morgan fingerprint density at radius 1 is 1.40 bits per heavy atom. The van der Waals surface area contributed by atoms with Crippen LogP contribution < -0.4 is 0 Å². The highest BCUT2D eigenvalue weighted by Gasteiger charge is 2.11. The van der Waals surface area contributed by atoms with Gasteiger partial charge >= 0.3 is 0 Å². The van der Waals surface area contributed by atoms with Gasteiger partial charge in [-0.2, -0.15) is 0 Å². The molecule has 2 heteroatoms. The van der Waals surface area contributed by atoms with Crippen LogP contribution in [-0.4, -0.2) is 5.11 Å². The first-order valence-corrected chi connectivity index (χ1v) is 4.87. The van der Waals surface area contributed by atoms with Crippen molar-refractivity contribution >= 4 is 11.0 Å². The fraction of sp³-hybridized carbons (Fsp3) is 0.231. The molecule has 0 aliphatic heterocycles. The van der Waals surface area contributed by atoms with Crippen molar-refractivity contribution in [1.82, 2.24) is 0 Å². The summed E-state index contributed by atoms with van der Waals surface area (Å²) < 4.78 is 5.51. The largest absolute Gasteiger partial charge is 0.458 e. The summed E-state index contributed by atoms with van der Waals surface area (Å²) in [7, 11) is 0. The Labute approximate surface area is 88.5 Å². The molecule has 0 spiro atoms. The van der Waals surface area contributed by atoms with E-state index in [0.29, 0.717) is 12.2 Å². The van der Waals surface area contributed by atoms with Crippen LogP contribution in [0.2, 0.25) is 0 Å². The molecule has 0 radical (unpaired) electrons. The van der Waals surface area contributed by atoms with Gasteiger partial charge in [-0.3, -0.25) is 0 Å². The molecule has 0 fully saturated rings. The summed E-state index contributed by atoms with van der Waals surface area (Å²) in [6.45, 7) is 1.76. The smallest absolute Gasteiger partial charge is 0.134 e. The van der Waals surface area contributed by atoms with Crippen LogP contribution in [-0.2, 0) is 0 Å². The maximum atomic E-state index is 9.76. The van der Waals surface area contributed by atoms with Gasteiger partial charge in [0, 0.05) is 11.8 Å². The van der Waals surface area contributed by atoms with Crippen LogP contribution >= 0.6 is 0 Å². The molecule has 1 heterocycles. The van der Waals surface area contributed by atoms with Gasteiger partial charge in [-0.1, -0.05) is 18.2 Å². The van der Waals surface area contributed by atoms with Crippen molar-refractivity contribution in [3.8, 4) is 11.8 Å². The van der Waals surface area contributed by atoms with Crippen molar-refractivity contribution in [1.29, 1.82) is 0 Å². The van der Waals surface area contributed by atoms with Crippen molar-refractivity contribution in [3.63, 3.8) is 0 Å². The summed E-state index contributed by atoms with van der Waals surface area (Å²) in [6.07, 6.45) is -0.221. The van der Waals surface area contributed by atoms with Crippen molar-refractivity contribution in [3.05, 3.63) is 36.1 Å². The van der Waals surface area contributed by atoms with Crippen molar-refractivity contribution in [2.75, 3.05) is 0 Å². The van der Waals surface area contributed by atoms with Crippen LogP contribution in [0.5, 0.6) is 0 Å². The van der Waals surface area contributed by atoms with Crippen LogP contribution in [0.3, 0.4) is 0 Å². The molecular formula is C13H12O2. The highest BCUT2D eigenvalue weighted by molar-refractivity contribution is 5.77.